The third kappa shape index (κ3) is 6.28. The van der Waals surface area contributed by atoms with Gasteiger partial charge in [-0.2, -0.15) is 13.2 Å². The molecule has 0 aliphatic heterocycles. The fourth-order valence-corrected chi connectivity index (χ4v) is 4.36. The van der Waals surface area contributed by atoms with E-state index in [1.807, 2.05) is 0 Å². The fraction of sp³-hybridized carbons (Fsp3) is 0.179. The van der Waals surface area contributed by atoms with Crippen LogP contribution in [-0.2, 0) is 28.6 Å². The first kappa shape index (κ1) is 27.8. The van der Waals surface area contributed by atoms with Crippen LogP contribution in [0.1, 0.15) is 28.7 Å². The first-order valence-corrected chi connectivity index (χ1v) is 11.9. The topological polar surface area (TPSA) is 99.4 Å². The van der Waals surface area contributed by atoms with Gasteiger partial charge in [-0.1, -0.05) is 35.9 Å². The molecule has 1 N–H and O–H groups in total. The van der Waals surface area contributed by atoms with Crippen LogP contribution in [0.2, 0.25) is 5.02 Å². The molecular weight excluding hydrogens is 542 g/mol. The van der Waals surface area contributed by atoms with Gasteiger partial charge in [-0.05, 0) is 66.8 Å². The van der Waals surface area contributed by atoms with Crippen LogP contribution in [0.4, 0.5) is 23.2 Å². The van der Waals surface area contributed by atoms with Crippen molar-refractivity contribution < 1.29 is 36.7 Å². The molecule has 1 heterocycles. The molecule has 0 aliphatic carbocycles. The average Bonchev–Trinajstić information content (AvgIpc) is 2.85. The lowest BCUT2D eigenvalue weighted by Crippen LogP contribution is -2.22. The van der Waals surface area contributed by atoms with Gasteiger partial charge in [0.2, 0.25) is 5.91 Å². The van der Waals surface area contributed by atoms with E-state index in [9.17, 15) is 37.1 Å². The first-order chi connectivity index (χ1) is 18.3. The number of alkyl halides is 3. The highest BCUT2D eigenvalue weighted by molar-refractivity contribution is 6.32. The smallest absolute Gasteiger partial charge is 0.418 e. The van der Waals surface area contributed by atoms with E-state index in [0.29, 0.717) is 27.1 Å². The second-order valence-corrected chi connectivity index (χ2v) is 9.23. The number of carboxylic acids is 1. The van der Waals surface area contributed by atoms with E-state index in [0.717, 1.165) is 12.1 Å². The predicted molar refractivity (Wildman–Crippen MR) is 135 cm³/mol. The van der Waals surface area contributed by atoms with Gasteiger partial charge in [0.1, 0.15) is 11.4 Å². The van der Waals surface area contributed by atoms with Crippen LogP contribution in [0.3, 0.4) is 0 Å². The molecule has 0 radical (unpaired) electrons. The molecule has 39 heavy (non-hydrogen) atoms. The molecule has 0 fully saturated rings. The molecular formula is C28H19ClF4NO5-. The van der Waals surface area contributed by atoms with Gasteiger partial charge in [-0.25, -0.2) is 9.18 Å². The highest BCUT2D eigenvalue weighted by Gasteiger charge is 2.34. The Morgan fingerprint density at radius 1 is 1.08 bits per heavy atom. The molecule has 0 atom stereocenters. The fourth-order valence-electron chi connectivity index (χ4n) is 4.19. The van der Waals surface area contributed by atoms with Crippen molar-refractivity contribution in [1.82, 2.24) is 0 Å². The minimum absolute atomic E-state index is 0.135. The lowest BCUT2D eigenvalue weighted by atomic mass is 9.93. The number of rotatable bonds is 7. The summed E-state index contributed by atoms with van der Waals surface area (Å²) >= 11 is 6.33. The SMILES string of the molecule is Cc1cc2oc(=O)c(CC(=O)Nc3ccc(F)cc3C(F)(F)F)c(-c3cccc(CCC(=O)[O-])c3)c2cc1Cl. The van der Waals surface area contributed by atoms with Gasteiger partial charge >= 0.3 is 11.8 Å². The van der Waals surface area contributed by atoms with Crippen LogP contribution in [0.15, 0.2) is 63.8 Å². The number of benzene rings is 3. The van der Waals surface area contributed by atoms with E-state index in [1.54, 1.807) is 43.3 Å². The number of aliphatic carboxylic acids is 1. The molecule has 0 saturated heterocycles. The molecule has 1 amide bonds. The van der Waals surface area contributed by atoms with Crippen molar-refractivity contribution in [3.63, 3.8) is 0 Å². The summed E-state index contributed by atoms with van der Waals surface area (Å²) in [5, 5.41) is 13.7. The van der Waals surface area contributed by atoms with Gasteiger partial charge in [-0.15, -0.1) is 0 Å². The lowest BCUT2D eigenvalue weighted by molar-refractivity contribution is -0.305. The number of carbonyl (C=O) groups excluding carboxylic acids is 2. The molecule has 6 nitrogen and oxygen atoms in total. The van der Waals surface area contributed by atoms with Crippen molar-refractivity contribution in [1.29, 1.82) is 0 Å². The predicted octanol–water partition coefficient (Wildman–Crippen LogP) is 5.44. The standard InChI is InChI=1S/C28H20ClF4NO5/c1-14-9-23-18(12-21(14)29)26(16-4-2-3-15(10-16)5-8-25(36)37)19(27(38)39-23)13-24(35)34-22-7-6-17(30)11-20(22)28(31,32)33/h2-4,6-7,9-12H,5,8,13H2,1H3,(H,34,35)(H,36,37)/p-1. The summed E-state index contributed by atoms with van der Waals surface area (Å²) in [7, 11) is 0. The van der Waals surface area contributed by atoms with Crippen molar-refractivity contribution >= 4 is 40.1 Å². The second-order valence-electron chi connectivity index (χ2n) is 8.83. The van der Waals surface area contributed by atoms with Gasteiger partial charge in [-0.3, -0.25) is 4.79 Å². The maximum atomic E-state index is 13.5. The van der Waals surface area contributed by atoms with Crippen molar-refractivity contribution in [3.05, 3.63) is 98.1 Å². The van der Waals surface area contributed by atoms with E-state index in [2.05, 4.69) is 5.32 Å². The highest BCUT2D eigenvalue weighted by atomic mass is 35.5. The molecule has 0 spiro atoms. The Kier molecular flexibility index (Phi) is 7.78. The maximum Gasteiger partial charge on any atom is 0.418 e. The third-order valence-corrected chi connectivity index (χ3v) is 6.42. The zero-order valence-corrected chi connectivity index (χ0v) is 21.0. The Bertz CT molecular complexity index is 1660. The molecule has 3 aromatic carbocycles. The quantitative estimate of drug-likeness (QED) is 0.240. The Morgan fingerprint density at radius 3 is 2.51 bits per heavy atom. The van der Waals surface area contributed by atoms with Crippen LogP contribution in [0.5, 0.6) is 0 Å². The van der Waals surface area contributed by atoms with Crippen LogP contribution in [0.25, 0.3) is 22.1 Å². The zero-order chi connectivity index (χ0) is 28.5. The summed E-state index contributed by atoms with van der Waals surface area (Å²) in [6.45, 7) is 1.70. The minimum Gasteiger partial charge on any atom is -0.550 e. The molecule has 0 unspecified atom stereocenters. The van der Waals surface area contributed by atoms with E-state index < -0.39 is 47.2 Å². The average molecular weight is 561 g/mol. The Balaban J connectivity index is 1.83. The molecule has 0 bridgehead atoms. The number of anilines is 1. The Hall–Kier alpha value is -4.18. The molecule has 0 saturated carbocycles. The minimum atomic E-state index is -4.95. The summed E-state index contributed by atoms with van der Waals surface area (Å²) in [6, 6.07) is 11.5. The van der Waals surface area contributed by atoms with Gasteiger partial charge in [0.05, 0.1) is 23.2 Å². The van der Waals surface area contributed by atoms with Crippen LogP contribution in [-0.4, -0.2) is 11.9 Å². The summed E-state index contributed by atoms with van der Waals surface area (Å²) < 4.78 is 59.2. The number of aryl methyl sites for hydroxylation is 2. The number of amides is 1. The Labute approximate surface area is 223 Å². The first-order valence-electron chi connectivity index (χ1n) is 11.5. The number of nitrogens with one attached hydrogen (secondary N) is 1. The van der Waals surface area contributed by atoms with Crippen molar-refractivity contribution in [3.8, 4) is 11.1 Å². The number of fused-ring (bicyclic) bond motifs is 1. The van der Waals surface area contributed by atoms with E-state index in [1.165, 1.54) is 0 Å². The normalized spacial score (nSPS) is 11.5. The number of hydrogen-bond donors (Lipinski definition) is 1. The van der Waals surface area contributed by atoms with Crippen LogP contribution in [0, 0.1) is 12.7 Å². The van der Waals surface area contributed by atoms with Gasteiger partial charge in [0.15, 0.2) is 0 Å². The summed E-state index contributed by atoms with van der Waals surface area (Å²) in [5.74, 6) is -3.36. The second kappa shape index (κ2) is 10.9. The van der Waals surface area contributed by atoms with E-state index in [4.69, 9.17) is 16.0 Å². The molecule has 4 aromatic rings. The number of halogens is 5. The number of carboxylic acid groups (broad SMARTS) is 1. The van der Waals surface area contributed by atoms with Crippen LogP contribution < -0.4 is 16.0 Å². The monoisotopic (exact) mass is 560 g/mol. The van der Waals surface area contributed by atoms with Gasteiger partial charge in [0.25, 0.3) is 0 Å². The van der Waals surface area contributed by atoms with E-state index >= 15 is 0 Å². The molecule has 1 aromatic heterocycles. The van der Waals surface area contributed by atoms with E-state index in [-0.39, 0.29) is 35.6 Å². The van der Waals surface area contributed by atoms with Crippen molar-refractivity contribution in [2.45, 2.75) is 32.4 Å². The van der Waals surface area contributed by atoms with Crippen molar-refractivity contribution in [2.24, 2.45) is 0 Å². The molecule has 11 heteroatoms. The largest absolute Gasteiger partial charge is 0.550 e. The highest BCUT2D eigenvalue weighted by Crippen LogP contribution is 2.37. The van der Waals surface area contributed by atoms with Gasteiger partial charge < -0.3 is 19.6 Å². The third-order valence-electron chi connectivity index (χ3n) is 6.01. The molecule has 202 valence electrons. The summed E-state index contributed by atoms with van der Waals surface area (Å²) in [6.07, 6.45) is -5.74. The Morgan fingerprint density at radius 2 is 1.82 bits per heavy atom. The summed E-state index contributed by atoms with van der Waals surface area (Å²) in [5.41, 5.74) is -1.05. The summed E-state index contributed by atoms with van der Waals surface area (Å²) in [4.78, 5) is 37.0. The zero-order valence-electron chi connectivity index (χ0n) is 20.2. The number of carbonyl (C=O) groups is 2. The van der Waals surface area contributed by atoms with Gasteiger partial charge in [0, 0.05) is 21.9 Å². The maximum absolute atomic E-state index is 13.5. The lowest BCUT2D eigenvalue weighted by Gasteiger charge is -2.16. The van der Waals surface area contributed by atoms with Crippen molar-refractivity contribution in [2.75, 3.05) is 5.32 Å². The molecule has 0 aliphatic rings. The van der Waals surface area contributed by atoms with Crippen LogP contribution >= 0.6 is 11.6 Å². The molecule has 4 rings (SSSR count). The number of hydrogen-bond acceptors (Lipinski definition) is 5.